The number of sulfonamides is 1. The Morgan fingerprint density at radius 3 is 2.38 bits per heavy atom. The Morgan fingerprint density at radius 1 is 1.24 bits per heavy atom. The number of aryl methyl sites for hydroxylation is 2. The van der Waals surface area contributed by atoms with E-state index < -0.39 is 16.0 Å². The molecular weight excluding hydrogens is 294 g/mol. The van der Waals surface area contributed by atoms with Crippen molar-refractivity contribution in [3.05, 3.63) is 17.1 Å². The quantitative estimate of drug-likeness (QED) is 0.924. The topological polar surface area (TPSA) is 87.8 Å². The Hall–Kier alpha value is -1.34. The molecular formula is C14H21NO5S. The number of hydrogen-bond acceptors (Lipinski definition) is 4. The second-order valence-corrected chi connectivity index (χ2v) is 7.70. The van der Waals surface area contributed by atoms with E-state index in [4.69, 9.17) is 4.42 Å². The molecule has 2 unspecified atom stereocenters. The highest BCUT2D eigenvalue weighted by Crippen LogP contribution is 2.32. The number of carboxylic acid groups (broad SMARTS) is 1. The molecule has 1 saturated heterocycles. The summed E-state index contributed by atoms with van der Waals surface area (Å²) in [5.41, 5.74) is -0.251. The third kappa shape index (κ3) is 2.72. The molecule has 0 aliphatic carbocycles. The van der Waals surface area contributed by atoms with Crippen LogP contribution < -0.4 is 0 Å². The SMILES string of the molecule is Cc1oc(C)c(S(=O)(=O)N2CCC(C)C(C)C2)c1C(=O)O. The summed E-state index contributed by atoms with van der Waals surface area (Å²) < 4.78 is 32.2. The van der Waals surface area contributed by atoms with Gasteiger partial charge in [0.1, 0.15) is 22.0 Å². The number of carbonyl (C=O) groups is 1. The highest BCUT2D eigenvalue weighted by molar-refractivity contribution is 7.89. The first kappa shape index (κ1) is 16.0. The molecule has 21 heavy (non-hydrogen) atoms. The van der Waals surface area contributed by atoms with Gasteiger partial charge < -0.3 is 9.52 Å². The van der Waals surface area contributed by atoms with E-state index in [9.17, 15) is 18.3 Å². The lowest BCUT2D eigenvalue weighted by Crippen LogP contribution is -2.42. The summed E-state index contributed by atoms with van der Waals surface area (Å²) in [5.74, 6) is -0.313. The van der Waals surface area contributed by atoms with Crippen LogP contribution in [0.2, 0.25) is 0 Å². The second-order valence-electron chi connectivity index (χ2n) is 5.83. The zero-order valence-electron chi connectivity index (χ0n) is 12.7. The highest BCUT2D eigenvalue weighted by atomic mass is 32.2. The van der Waals surface area contributed by atoms with Gasteiger partial charge in [0, 0.05) is 13.1 Å². The molecule has 1 aliphatic heterocycles. The van der Waals surface area contributed by atoms with Crippen LogP contribution in [0, 0.1) is 25.7 Å². The summed E-state index contributed by atoms with van der Waals surface area (Å²) in [6.07, 6.45) is 0.776. The maximum absolute atomic E-state index is 12.8. The maximum atomic E-state index is 12.8. The average Bonchev–Trinajstić information content (AvgIpc) is 2.68. The van der Waals surface area contributed by atoms with Gasteiger partial charge in [-0.15, -0.1) is 0 Å². The lowest BCUT2D eigenvalue weighted by Gasteiger charge is -2.34. The Bertz CT molecular complexity index is 661. The zero-order valence-corrected chi connectivity index (χ0v) is 13.5. The molecule has 118 valence electrons. The number of hydrogen-bond donors (Lipinski definition) is 1. The predicted octanol–water partition coefficient (Wildman–Crippen LogP) is 2.26. The van der Waals surface area contributed by atoms with Crippen molar-refractivity contribution in [2.75, 3.05) is 13.1 Å². The van der Waals surface area contributed by atoms with Gasteiger partial charge in [0.05, 0.1) is 0 Å². The van der Waals surface area contributed by atoms with Crippen molar-refractivity contribution in [3.63, 3.8) is 0 Å². The number of carboxylic acids is 1. The van der Waals surface area contributed by atoms with Gasteiger partial charge in [-0.1, -0.05) is 13.8 Å². The summed E-state index contributed by atoms with van der Waals surface area (Å²) in [6, 6.07) is 0. The van der Waals surface area contributed by atoms with Crippen molar-refractivity contribution in [2.45, 2.75) is 39.0 Å². The molecule has 2 atom stereocenters. The number of nitrogens with zero attached hydrogens (tertiary/aromatic N) is 1. The van der Waals surface area contributed by atoms with Crippen molar-refractivity contribution in [3.8, 4) is 0 Å². The van der Waals surface area contributed by atoms with Gasteiger partial charge in [-0.05, 0) is 32.1 Å². The third-order valence-corrected chi connectivity index (χ3v) is 6.33. The van der Waals surface area contributed by atoms with E-state index in [1.807, 2.05) is 6.92 Å². The fourth-order valence-corrected chi connectivity index (χ4v) is 4.72. The van der Waals surface area contributed by atoms with E-state index in [0.29, 0.717) is 19.0 Å². The standard InChI is InChI=1S/C14H21NO5S/c1-8-5-6-15(7-9(8)2)21(18,19)13-11(4)20-10(3)12(13)14(16)17/h8-9H,5-7H2,1-4H3,(H,16,17). The Morgan fingerprint density at radius 2 is 1.86 bits per heavy atom. The summed E-state index contributed by atoms with van der Waals surface area (Å²) in [6.45, 7) is 7.89. The molecule has 2 heterocycles. The molecule has 1 N–H and O–H groups in total. The molecule has 1 aliphatic rings. The Labute approximate surface area is 124 Å². The van der Waals surface area contributed by atoms with Crippen LogP contribution in [-0.4, -0.2) is 36.9 Å². The van der Waals surface area contributed by atoms with E-state index in [1.54, 1.807) is 0 Å². The molecule has 2 rings (SSSR count). The lowest BCUT2D eigenvalue weighted by molar-refractivity contribution is 0.0691. The van der Waals surface area contributed by atoms with Gasteiger partial charge >= 0.3 is 5.97 Å². The minimum Gasteiger partial charge on any atom is -0.478 e. The van der Waals surface area contributed by atoms with E-state index in [1.165, 1.54) is 18.2 Å². The van der Waals surface area contributed by atoms with Gasteiger partial charge in [-0.3, -0.25) is 0 Å². The van der Waals surface area contributed by atoms with Gasteiger partial charge in [0.15, 0.2) is 0 Å². The average molecular weight is 315 g/mol. The summed E-state index contributed by atoms with van der Waals surface area (Å²) in [4.78, 5) is 11.2. The summed E-state index contributed by atoms with van der Waals surface area (Å²) >= 11 is 0. The molecule has 7 heteroatoms. The molecule has 0 amide bonds. The number of aromatic carboxylic acids is 1. The smallest absolute Gasteiger partial charge is 0.340 e. The van der Waals surface area contributed by atoms with Crippen LogP contribution in [0.1, 0.15) is 42.1 Å². The molecule has 1 aromatic rings. The van der Waals surface area contributed by atoms with Gasteiger partial charge in [-0.2, -0.15) is 4.31 Å². The van der Waals surface area contributed by atoms with Crippen LogP contribution >= 0.6 is 0 Å². The first-order valence-electron chi connectivity index (χ1n) is 6.99. The predicted molar refractivity (Wildman–Crippen MR) is 76.8 cm³/mol. The highest BCUT2D eigenvalue weighted by Gasteiger charge is 2.38. The molecule has 1 aromatic heterocycles. The van der Waals surface area contributed by atoms with Crippen molar-refractivity contribution < 1.29 is 22.7 Å². The number of rotatable bonds is 3. The molecule has 0 radical (unpaired) electrons. The molecule has 0 bridgehead atoms. The number of piperidine rings is 1. The first-order valence-corrected chi connectivity index (χ1v) is 8.43. The largest absolute Gasteiger partial charge is 0.478 e. The first-order chi connectivity index (χ1) is 9.66. The van der Waals surface area contributed by atoms with E-state index in [0.717, 1.165) is 6.42 Å². The van der Waals surface area contributed by atoms with E-state index in [2.05, 4.69) is 6.92 Å². The third-order valence-electron chi connectivity index (χ3n) is 4.31. The van der Waals surface area contributed by atoms with Crippen molar-refractivity contribution >= 4 is 16.0 Å². The molecule has 0 aromatic carbocycles. The van der Waals surface area contributed by atoms with Crippen LogP contribution in [-0.2, 0) is 10.0 Å². The van der Waals surface area contributed by atoms with E-state index in [-0.39, 0.29) is 27.9 Å². The van der Waals surface area contributed by atoms with Crippen LogP contribution in [0.25, 0.3) is 0 Å². The van der Waals surface area contributed by atoms with Crippen LogP contribution in [0.4, 0.5) is 0 Å². The monoisotopic (exact) mass is 315 g/mol. The lowest BCUT2D eigenvalue weighted by atomic mass is 9.90. The fraction of sp³-hybridized carbons (Fsp3) is 0.643. The van der Waals surface area contributed by atoms with Crippen LogP contribution in [0.5, 0.6) is 0 Å². The summed E-state index contributed by atoms with van der Waals surface area (Å²) in [5, 5.41) is 9.27. The maximum Gasteiger partial charge on any atom is 0.340 e. The Kier molecular flexibility index (Phi) is 4.17. The summed E-state index contributed by atoms with van der Waals surface area (Å²) in [7, 11) is -3.85. The fourth-order valence-electron chi connectivity index (χ4n) is 2.79. The van der Waals surface area contributed by atoms with Gasteiger partial charge in [-0.25, -0.2) is 13.2 Å². The second kappa shape index (κ2) is 5.46. The van der Waals surface area contributed by atoms with Crippen molar-refractivity contribution in [1.29, 1.82) is 0 Å². The Balaban J connectivity index is 2.48. The minimum atomic E-state index is -3.85. The molecule has 6 nitrogen and oxygen atoms in total. The zero-order chi connectivity index (χ0) is 15.9. The molecule has 0 saturated carbocycles. The number of furan rings is 1. The molecule has 1 fully saturated rings. The van der Waals surface area contributed by atoms with Gasteiger partial charge in [0.25, 0.3) is 0 Å². The van der Waals surface area contributed by atoms with Crippen molar-refractivity contribution in [2.24, 2.45) is 11.8 Å². The van der Waals surface area contributed by atoms with Crippen molar-refractivity contribution in [1.82, 2.24) is 4.31 Å². The van der Waals surface area contributed by atoms with Crippen LogP contribution in [0.3, 0.4) is 0 Å². The normalized spacial score (nSPS) is 24.2. The van der Waals surface area contributed by atoms with Gasteiger partial charge in [0.2, 0.25) is 10.0 Å². The van der Waals surface area contributed by atoms with E-state index >= 15 is 0 Å². The van der Waals surface area contributed by atoms with Crippen LogP contribution in [0.15, 0.2) is 9.31 Å². The minimum absolute atomic E-state index is 0.122. The molecule has 0 spiro atoms.